The highest BCUT2D eigenvalue weighted by Gasteiger charge is 2.33. The van der Waals surface area contributed by atoms with Gasteiger partial charge in [-0.25, -0.2) is 8.42 Å². The summed E-state index contributed by atoms with van der Waals surface area (Å²) >= 11 is 12.5. The summed E-state index contributed by atoms with van der Waals surface area (Å²) in [5, 5.41) is 3.68. The van der Waals surface area contributed by atoms with E-state index in [9.17, 15) is 18.0 Å². The van der Waals surface area contributed by atoms with Gasteiger partial charge < -0.3 is 10.2 Å². The first kappa shape index (κ1) is 31.5. The fourth-order valence-electron chi connectivity index (χ4n) is 4.07. The van der Waals surface area contributed by atoms with Gasteiger partial charge in [0.15, 0.2) is 0 Å². The molecule has 0 aliphatic heterocycles. The van der Waals surface area contributed by atoms with Crippen molar-refractivity contribution in [3.63, 3.8) is 0 Å². The number of hydrogen-bond acceptors (Lipinski definition) is 4. The first-order valence-electron chi connectivity index (χ1n) is 13.0. The predicted octanol–water partition coefficient (Wildman–Crippen LogP) is 6.00. The van der Waals surface area contributed by atoms with Gasteiger partial charge in [0.25, 0.3) is 10.0 Å². The van der Waals surface area contributed by atoms with E-state index >= 15 is 0 Å². The van der Waals surface area contributed by atoms with E-state index < -0.39 is 28.5 Å². The number of nitrogens with zero attached hydrogens (tertiary/aromatic N) is 2. The van der Waals surface area contributed by atoms with Gasteiger partial charge >= 0.3 is 0 Å². The topological polar surface area (TPSA) is 86.8 Å². The fourth-order valence-corrected chi connectivity index (χ4v) is 5.92. The minimum atomic E-state index is -4.18. The number of amides is 2. The Balaban J connectivity index is 2.06. The number of carbonyl (C=O) groups excluding carboxylic acids is 2. The van der Waals surface area contributed by atoms with E-state index in [1.807, 2.05) is 20.8 Å². The first-order chi connectivity index (χ1) is 18.8. The van der Waals surface area contributed by atoms with Crippen LogP contribution in [0.5, 0.6) is 0 Å². The molecule has 0 fully saturated rings. The molecule has 0 saturated heterocycles. The maximum atomic E-state index is 14.0. The molecule has 10 heteroatoms. The number of benzene rings is 3. The highest BCUT2D eigenvalue weighted by molar-refractivity contribution is 7.92. The normalized spacial score (nSPS) is 12.2. The Kier molecular flexibility index (Phi) is 10.6. The van der Waals surface area contributed by atoms with Crippen LogP contribution in [0.3, 0.4) is 0 Å². The molecule has 0 aliphatic rings. The number of sulfonamides is 1. The molecule has 3 rings (SSSR count). The number of nitrogens with one attached hydrogen (secondary N) is 1. The largest absolute Gasteiger partial charge is 0.354 e. The Hall–Kier alpha value is -3.07. The van der Waals surface area contributed by atoms with Gasteiger partial charge in [-0.1, -0.05) is 72.9 Å². The van der Waals surface area contributed by atoms with Gasteiger partial charge in [-0.2, -0.15) is 0 Å². The summed E-state index contributed by atoms with van der Waals surface area (Å²) in [6, 6.07) is 17.4. The summed E-state index contributed by atoms with van der Waals surface area (Å²) in [6.45, 7) is 9.14. The Labute approximate surface area is 247 Å². The Morgan fingerprint density at radius 2 is 1.55 bits per heavy atom. The highest BCUT2D eigenvalue weighted by atomic mass is 35.5. The molecule has 7 nitrogen and oxygen atoms in total. The Morgan fingerprint density at radius 1 is 0.900 bits per heavy atom. The van der Waals surface area contributed by atoms with Crippen molar-refractivity contribution in [3.05, 3.63) is 93.5 Å². The number of halogens is 2. The van der Waals surface area contributed by atoms with Crippen molar-refractivity contribution < 1.29 is 18.0 Å². The molecule has 0 heterocycles. The van der Waals surface area contributed by atoms with Crippen LogP contribution in [0.15, 0.2) is 71.6 Å². The zero-order valence-corrected chi connectivity index (χ0v) is 25.6. The van der Waals surface area contributed by atoms with Gasteiger partial charge in [-0.15, -0.1) is 0 Å². The molecule has 0 unspecified atom stereocenters. The minimum Gasteiger partial charge on any atom is -0.354 e. The second-order valence-electron chi connectivity index (χ2n) is 10.2. The minimum absolute atomic E-state index is 0.0365. The van der Waals surface area contributed by atoms with Crippen molar-refractivity contribution in [1.82, 2.24) is 10.2 Å². The lowest BCUT2D eigenvalue weighted by molar-refractivity contribution is -0.139. The summed E-state index contributed by atoms with van der Waals surface area (Å²) < 4.78 is 29.0. The molecule has 0 aromatic heterocycles. The number of carbonyl (C=O) groups is 2. The second-order valence-corrected chi connectivity index (χ2v) is 13.0. The van der Waals surface area contributed by atoms with E-state index in [4.69, 9.17) is 23.2 Å². The van der Waals surface area contributed by atoms with Crippen LogP contribution in [0.25, 0.3) is 0 Å². The van der Waals surface area contributed by atoms with E-state index in [0.29, 0.717) is 27.7 Å². The summed E-state index contributed by atoms with van der Waals surface area (Å²) in [5.74, 6) is -0.674. The van der Waals surface area contributed by atoms with Crippen LogP contribution < -0.4 is 9.62 Å². The summed E-state index contributed by atoms with van der Waals surface area (Å²) in [4.78, 5) is 28.5. The van der Waals surface area contributed by atoms with Gasteiger partial charge in [-0.3, -0.25) is 13.9 Å². The predicted molar refractivity (Wildman–Crippen MR) is 161 cm³/mol. The van der Waals surface area contributed by atoms with Gasteiger partial charge in [0.05, 0.1) is 10.6 Å². The zero-order chi connectivity index (χ0) is 29.6. The summed E-state index contributed by atoms with van der Waals surface area (Å²) in [6.07, 6.45) is 0. The monoisotopic (exact) mass is 603 g/mol. The van der Waals surface area contributed by atoms with E-state index in [-0.39, 0.29) is 29.0 Å². The molecule has 2 amide bonds. The number of rotatable bonds is 11. The quantitative estimate of drug-likeness (QED) is 0.291. The number of hydrogen-bond donors (Lipinski definition) is 1. The van der Waals surface area contributed by atoms with Crippen LogP contribution in [0.4, 0.5) is 5.69 Å². The molecular formula is C30H35Cl2N3O4S. The molecule has 3 aromatic carbocycles. The molecule has 214 valence electrons. The maximum Gasteiger partial charge on any atom is 0.264 e. The molecule has 0 aliphatic carbocycles. The van der Waals surface area contributed by atoms with Gasteiger partial charge in [0, 0.05) is 23.1 Å². The van der Waals surface area contributed by atoms with Crippen LogP contribution in [-0.4, -0.2) is 44.3 Å². The molecule has 0 bridgehead atoms. The molecule has 0 spiro atoms. The van der Waals surface area contributed by atoms with Gasteiger partial charge in [0.2, 0.25) is 11.8 Å². The SMILES string of the molecule is Cc1ccc(S(=O)(=O)N(CC(=O)N(Cc2cccc(Cl)c2)[C@H](C)C(=O)NCC(C)C)c2cc(Cl)ccc2C)cc1. The van der Waals surface area contributed by atoms with Gasteiger partial charge in [0.1, 0.15) is 12.6 Å². The highest BCUT2D eigenvalue weighted by Crippen LogP contribution is 2.30. The van der Waals surface area contributed by atoms with Crippen molar-refractivity contribution in [2.45, 2.75) is 52.1 Å². The Bertz CT molecular complexity index is 1460. The third-order valence-electron chi connectivity index (χ3n) is 6.42. The van der Waals surface area contributed by atoms with E-state index in [1.54, 1.807) is 62.4 Å². The second kappa shape index (κ2) is 13.5. The first-order valence-corrected chi connectivity index (χ1v) is 15.2. The fraction of sp³-hybridized carbons (Fsp3) is 0.333. The molecular weight excluding hydrogens is 569 g/mol. The van der Waals surface area contributed by atoms with Gasteiger partial charge in [-0.05, 0) is 74.2 Å². The van der Waals surface area contributed by atoms with Crippen molar-refractivity contribution in [2.24, 2.45) is 5.92 Å². The smallest absolute Gasteiger partial charge is 0.264 e. The number of anilines is 1. The number of aryl methyl sites for hydroxylation is 2. The molecule has 0 radical (unpaired) electrons. The van der Waals surface area contributed by atoms with Crippen LogP contribution in [0.1, 0.15) is 37.5 Å². The Morgan fingerprint density at radius 3 is 2.17 bits per heavy atom. The van der Waals surface area contributed by atoms with Crippen LogP contribution in [0, 0.1) is 19.8 Å². The standard InChI is InChI=1S/C30H35Cl2N3O4S/c1-20(2)17-33-30(37)23(5)34(18-24-7-6-8-25(31)15-24)29(36)19-35(28-16-26(32)12-11-22(28)4)40(38,39)27-13-9-21(3)10-14-27/h6-16,20,23H,17-19H2,1-5H3,(H,33,37)/t23-/m1/s1. The lowest BCUT2D eigenvalue weighted by Crippen LogP contribution is -2.51. The third-order valence-corrected chi connectivity index (χ3v) is 8.67. The van der Waals surface area contributed by atoms with Crippen molar-refractivity contribution in [2.75, 3.05) is 17.4 Å². The molecule has 0 saturated carbocycles. The van der Waals surface area contributed by atoms with Crippen LogP contribution in [-0.2, 0) is 26.2 Å². The van der Waals surface area contributed by atoms with E-state index in [2.05, 4.69) is 5.32 Å². The average Bonchev–Trinajstić information content (AvgIpc) is 2.90. The van der Waals surface area contributed by atoms with Crippen molar-refractivity contribution in [3.8, 4) is 0 Å². The summed E-state index contributed by atoms with van der Waals surface area (Å²) in [7, 11) is -4.18. The third kappa shape index (κ3) is 7.99. The molecule has 40 heavy (non-hydrogen) atoms. The van der Waals surface area contributed by atoms with Crippen molar-refractivity contribution in [1.29, 1.82) is 0 Å². The molecule has 1 atom stereocenters. The lowest BCUT2D eigenvalue weighted by atomic mass is 10.1. The zero-order valence-electron chi connectivity index (χ0n) is 23.3. The lowest BCUT2D eigenvalue weighted by Gasteiger charge is -2.32. The van der Waals surface area contributed by atoms with Crippen LogP contribution in [0.2, 0.25) is 10.0 Å². The van der Waals surface area contributed by atoms with Crippen LogP contribution >= 0.6 is 23.2 Å². The molecule has 3 aromatic rings. The van der Waals surface area contributed by atoms with Crippen molar-refractivity contribution >= 4 is 50.7 Å². The van der Waals surface area contributed by atoms with E-state index in [0.717, 1.165) is 9.87 Å². The van der Waals surface area contributed by atoms with E-state index in [1.165, 1.54) is 23.1 Å². The molecule has 1 N–H and O–H groups in total. The average molecular weight is 605 g/mol. The maximum absolute atomic E-state index is 14.0. The summed E-state index contributed by atoms with van der Waals surface area (Å²) in [5.41, 5.74) is 2.50.